The Balaban J connectivity index is 2.65. The Labute approximate surface area is 81.7 Å². The molecule has 3 nitrogen and oxygen atoms in total. The van der Waals surface area contributed by atoms with Crippen LogP contribution in [0.15, 0.2) is 12.1 Å². The maximum atomic E-state index is 10.6. The monoisotopic (exact) mass is 198 g/mol. The van der Waals surface area contributed by atoms with Gasteiger partial charge in [0.05, 0.1) is 0 Å². The van der Waals surface area contributed by atoms with Crippen molar-refractivity contribution in [1.29, 1.82) is 0 Å². The molecule has 0 aliphatic rings. The van der Waals surface area contributed by atoms with E-state index in [-0.39, 0.29) is 18.4 Å². The fourth-order valence-corrected chi connectivity index (χ4v) is 2.06. The van der Waals surface area contributed by atoms with E-state index in [0.29, 0.717) is 0 Å². The van der Waals surface area contributed by atoms with Gasteiger partial charge in [0.1, 0.15) is 0 Å². The predicted octanol–water partition coefficient (Wildman–Crippen LogP) is 1.19. The Morgan fingerprint density at radius 3 is 2.77 bits per heavy atom. The molecule has 72 valence electrons. The third kappa shape index (κ3) is 2.82. The number of rotatable bonds is 4. The van der Waals surface area contributed by atoms with Crippen LogP contribution in [-0.2, 0) is 11.2 Å². The Bertz CT molecular complexity index is 296. The second-order valence-corrected chi connectivity index (χ2v) is 4.13. The zero-order chi connectivity index (χ0) is 9.84. The lowest BCUT2D eigenvalue weighted by molar-refractivity contribution is -0.118. The third-order valence-corrected chi connectivity index (χ3v) is 3.18. The number of carbonyl (C=O) groups is 1. The molecule has 1 rings (SSSR count). The van der Waals surface area contributed by atoms with Gasteiger partial charge in [0, 0.05) is 22.2 Å². The second kappa shape index (κ2) is 4.39. The summed E-state index contributed by atoms with van der Waals surface area (Å²) in [5, 5.41) is 0. The molecule has 0 saturated heterocycles. The first-order valence-electron chi connectivity index (χ1n) is 4.26. The summed E-state index contributed by atoms with van der Waals surface area (Å²) in [7, 11) is 0. The van der Waals surface area contributed by atoms with E-state index < -0.39 is 0 Å². The normalized spacial score (nSPS) is 12.8. The summed E-state index contributed by atoms with van der Waals surface area (Å²) in [6.07, 6.45) is 1.23. The molecule has 1 atom stereocenters. The van der Waals surface area contributed by atoms with Gasteiger partial charge < -0.3 is 11.5 Å². The van der Waals surface area contributed by atoms with E-state index in [4.69, 9.17) is 11.5 Å². The van der Waals surface area contributed by atoms with E-state index in [1.54, 1.807) is 11.3 Å². The van der Waals surface area contributed by atoms with Gasteiger partial charge in [-0.25, -0.2) is 0 Å². The van der Waals surface area contributed by atoms with E-state index in [2.05, 4.69) is 6.92 Å². The number of aryl methyl sites for hydroxylation is 1. The van der Waals surface area contributed by atoms with Gasteiger partial charge in [0.15, 0.2) is 0 Å². The Morgan fingerprint density at radius 2 is 2.31 bits per heavy atom. The molecule has 1 aromatic heterocycles. The molecule has 4 N–H and O–H groups in total. The summed E-state index contributed by atoms with van der Waals surface area (Å²) in [5.41, 5.74) is 10.8. The quantitative estimate of drug-likeness (QED) is 0.763. The van der Waals surface area contributed by atoms with Crippen LogP contribution in [0.2, 0.25) is 0 Å². The first-order chi connectivity index (χ1) is 6.13. The number of hydrogen-bond donors (Lipinski definition) is 2. The zero-order valence-corrected chi connectivity index (χ0v) is 8.43. The van der Waals surface area contributed by atoms with Gasteiger partial charge in [0.2, 0.25) is 5.91 Å². The van der Waals surface area contributed by atoms with Crippen molar-refractivity contribution in [2.24, 2.45) is 11.5 Å². The summed E-state index contributed by atoms with van der Waals surface area (Å²) in [4.78, 5) is 12.9. The van der Waals surface area contributed by atoms with Gasteiger partial charge in [-0.05, 0) is 18.6 Å². The Hall–Kier alpha value is -0.870. The highest BCUT2D eigenvalue weighted by molar-refractivity contribution is 7.12. The van der Waals surface area contributed by atoms with Crippen LogP contribution in [0.1, 0.15) is 29.1 Å². The molecule has 13 heavy (non-hydrogen) atoms. The molecule has 0 saturated carbocycles. The Kier molecular flexibility index (Phi) is 3.45. The molecule has 1 amide bonds. The van der Waals surface area contributed by atoms with Gasteiger partial charge in [-0.2, -0.15) is 0 Å². The summed E-state index contributed by atoms with van der Waals surface area (Å²) in [6, 6.07) is 3.78. The lowest BCUT2D eigenvalue weighted by Gasteiger charge is -2.05. The SMILES string of the molecule is CCc1ccc(C(N)CC(N)=O)s1. The number of primary amides is 1. The minimum Gasteiger partial charge on any atom is -0.370 e. The summed E-state index contributed by atoms with van der Waals surface area (Å²) in [5.74, 6) is -0.348. The Morgan fingerprint density at radius 1 is 1.62 bits per heavy atom. The van der Waals surface area contributed by atoms with Gasteiger partial charge in [-0.1, -0.05) is 6.92 Å². The average Bonchev–Trinajstić information content (AvgIpc) is 2.50. The number of hydrogen-bond acceptors (Lipinski definition) is 3. The van der Waals surface area contributed by atoms with Gasteiger partial charge >= 0.3 is 0 Å². The van der Waals surface area contributed by atoms with Crippen LogP contribution in [0.3, 0.4) is 0 Å². The molecular weight excluding hydrogens is 184 g/mol. The summed E-state index contributed by atoms with van der Waals surface area (Å²) < 4.78 is 0. The fraction of sp³-hybridized carbons (Fsp3) is 0.444. The maximum absolute atomic E-state index is 10.6. The van der Waals surface area contributed by atoms with Crippen molar-refractivity contribution in [1.82, 2.24) is 0 Å². The molecule has 0 radical (unpaired) electrons. The van der Waals surface area contributed by atoms with E-state index in [1.807, 2.05) is 12.1 Å². The van der Waals surface area contributed by atoms with Crippen molar-refractivity contribution in [2.75, 3.05) is 0 Å². The van der Waals surface area contributed by atoms with E-state index >= 15 is 0 Å². The van der Waals surface area contributed by atoms with Crippen molar-refractivity contribution < 1.29 is 4.79 Å². The predicted molar refractivity (Wildman–Crippen MR) is 54.4 cm³/mol. The zero-order valence-electron chi connectivity index (χ0n) is 7.62. The standard InChI is InChI=1S/C9H14N2OS/c1-2-6-3-4-8(13-6)7(10)5-9(11)12/h3-4,7H,2,5,10H2,1H3,(H2,11,12). The number of nitrogens with two attached hydrogens (primary N) is 2. The summed E-state index contributed by atoms with van der Waals surface area (Å²) >= 11 is 1.65. The molecule has 0 aliphatic heterocycles. The topological polar surface area (TPSA) is 69.1 Å². The minimum atomic E-state index is -0.348. The average molecular weight is 198 g/mol. The van der Waals surface area contributed by atoms with Crippen LogP contribution >= 0.6 is 11.3 Å². The molecule has 1 unspecified atom stereocenters. The lowest BCUT2D eigenvalue weighted by atomic mass is 10.2. The van der Waals surface area contributed by atoms with Crippen molar-refractivity contribution in [3.63, 3.8) is 0 Å². The summed E-state index contributed by atoms with van der Waals surface area (Å²) in [6.45, 7) is 2.09. The van der Waals surface area contributed by atoms with Crippen molar-refractivity contribution in [3.05, 3.63) is 21.9 Å². The van der Waals surface area contributed by atoms with Crippen LogP contribution in [0.5, 0.6) is 0 Å². The maximum Gasteiger partial charge on any atom is 0.219 e. The van der Waals surface area contributed by atoms with Crippen molar-refractivity contribution in [3.8, 4) is 0 Å². The van der Waals surface area contributed by atoms with Crippen LogP contribution in [0, 0.1) is 0 Å². The first kappa shape index (κ1) is 10.2. The number of carbonyl (C=O) groups excluding carboxylic acids is 1. The van der Waals surface area contributed by atoms with E-state index in [1.165, 1.54) is 4.88 Å². The van der Waals surface area contributed by atoms with Gasteiger partial charge in [0.25, 0.3) is 0 Å². The molecule has 0 fully saturated rings. The molecule has 0 aromatic carbocycles. The molecule has 4 heteroatoms. The molecule has 1 heterocycles. The first-order valence-corrected chi connectivity index (χ1v) is 5.07. The van der Waals surface area contributed by atoms with E-state index in [0.717, 1.165) is 11.3 Å². The van der Waals surface area contributed by atoms with Crippen molar-refractivity contribution >= 4 is 17.2 Å². The van der Waals surface area contributed by atoms with Crippen LogP contribution in [0.25, 0.3) is 0 Å². The van der Waals surface area contributed by atoms with Gasteiger partial charge in [-0.3, -0.25) is 4.79 Å². The highest BCUT2D eigenvalue weighted by atomic mass is 32.1. The molecule has 0 spiro atoms. The molecule has 0 bridgehead atoms. The van der Waals surface area contributed by atoms with Crippen LogP contribution in [-0.4, -0.2) is 5.91 Å². The fourth-order valence-electron chi connectivity index (χ4n) is 1.10. The number of thiophene rings is 1. The lowest BCUT2D eigenvalue weighted by Crippen LogP contribution is -2.19. The molecule has 1 aromatic rings. The highest BCUT2D eigenvalue weighted by Crippen LogP contribution is 2.23. The highest BCUT2D eigenvalue weighted by Gasteiger charge is 2.10. The van der Waals surface area contributed by atoms with Crippen LogP contribution < -0.4 is 11.5 Å². The molecule has 0 aliphatic carbocycles. The minimum absolute atomic E-state index is 0.226. The van der Waals surface area contributed by atoms with E-state index in [9.17, 15) is 4.79 Å². The second-order valence-electron chi connectivity index (χ2n) is 2.93. The van der Waals surface area contributed by atoms with Crippen molar-refractivity contribution in [2.45, 2.75) is 25.8 Å². The largest absolute Gasteiger partial charge is 0.370 e. The third-order valence-electron chi connectivity index (χ3n) is 1.82. The van der Waals surface area contributed by atoms with Crippen LogP contribution in [0.4, 0.5) is 0 Å². The molecular formula is C9H14N2OS. The smallest absolute Gasteiger partial charge is 0.219 e. The van der Waals surface area contributed by atoms with Gasteiger partial charge in [-0.15, -0.1) is 11.3 Å². The number of amides is 1.